The van der Waals surface area contributed by atoms with Crippen LogP contribution in [0.15, 0.2) is 94.5 Å². The average molecular weight is 426 g/mol. The Bertz CT molecular complexity index is 1290. The van der Waals surface area contributed by atoms with Crippen LogP contribution in [0, 0.1) is 5.92 Å². The van der Waals surface area contributed by atoms with Crippen molar-refractivity contribution in [2.75, 3.05) is 0 Å². The number of ketones is 1. The maximum absolute atomic E-state index is 13.4. The van der Waals surface area contributed by atoms with Gasteiger partial charge in [0.2, 0.25) is 0 Å². The maximum Gasteiger partial charge on any atom is 0.188 e. The van der Waals surface area contributed by atoms with Gasteiger partial charge in [-0.15, -0.1) is 0 Å². The third-order valence-corrected chi connectivity index (χ3v) is 5.85. The van der Waals surface area contributed by atoms with E-state index < -0.39 is 0 Å². The van der Waals surface area contributed by atoms with E-state index >= 15 is 0 Å². The molecule has 1 aliphatic heterocycles. The summed E-state index contributed by atoms with van der Waals surface area (Å²) in [5.41, 5.74) is 5.12. The van der Waals surface area contributed by atoms with E-state index in [9.17, 15) is 4.79 Å². The Kier molecular flexibility index (Phi) is 5.00. The molecule has 5 heteroatoms. The van der Waals surface area contributed by atoms with E-state index in [1.54, 1.807) is 12.2 Å². The van der Waals surface area contributed by atoms with Gasteiger partial charge in [0.25, 0.3) is 0 Å². The number of rotatable bonds is 4. The second kappa shape index (κ2) is 7.97. The van der Waals surface area contributed by atoms with Gasteiger partial charge in [0, 0.05) is 22.2 Å². The Morgan fingerprint density at radius 3 is 2.68 bits per heavy atom. The van der Waals surface area contributed by atoms with Gasteiger partial charge in [0.15, 0.2) is 5.78 Å². The van der Waals surface area contributed by atoms with Gasteiger partial charge in [0.1, 0.15) is 5.82 Å². The van der Waals surface area contributed by atoms with E-state index in [1.165, 1.54) is 0 Å². The van der Waals surface area contributed by atoms with Crippen molar-refractivity contribution in [3.05, 3.63) is 101 Å². The summed E-state index contributed by atoms with van der Waals surface area (Å²) in [5, 5.41) is 0.661. The number of halogens is 1. The van der Waals surface area contributed by atoms with Crippen LogP contribution in [0.25, 0.3) is 22.7 Å². The van der Waals surface area contributed by atoms with Crippen LogP contribution in [0.3, 0.4) is 0 Å². The Morgan fingerprint density at radius 1 is 1.10 bits per heavy atom. The first-order valence-corrected chi connectivity index (χ1v) is 10.5. The molecule has 31 heavy (non-hydrogen) atoms. The number of nitrogens with one attached hydrogen (secondary N) is 1. The van der Waals surface area contributed by atoms with E-state index in [-0.39, 0.29) is 17.7 Å². The molecule has 0 amide bonds. The number of nitrogens with zero attached hydrogens (tertiary/aromatic N) is 2. The highest BCUT2D eigenvalue weighted by Gasteiger charge is 2.33. The normalized spacial score (nSPS) is 20.7. The molecule has 2 atom stereocenters. The topological polar surface area (TPSA) is 58.1 Å². The van der Waals surface area contributed by atoms with Crippen molar-refractivity contribution < 1.29 is 4.79 Å². The van der Waals surface area contributed by atoms with Crippen LogP contribution >= 0.6 is 11.6 Å². The summed E-state index contributed by atoms with van der Waals surface area (Å²) in [6.45, 7) is 1.90. The number of aromatic nitrogens is 2. The Labute approximate surface area is 185 Å². The van der Waals surface area contributed by atoms with Crippen LogP contribution in [0.2, 0.25) is 0 Å². The largest absolute Gasteiger partial charge is 0.338 e. The Morgan fingerprint density at radius 2 is 1.87 bits per heavy atom. The average Bonchev–Trinajstić information content (AvgIpc) is 3.20. The van der Waals surface area contributed by atoms with Gasteiger partial charge in [0.05, 0.1) is 17.1 Å². The van der Waals surface area contributed by atoms with Gasteiger partial charge in [-0.25, -0.2) is 4.98 Å². The van der Waals surface area contributed by atoms with Crippen molar-refractivity contribution in [1.82, 2.24) is 9.97 Å². The van der Waals surface area contributed by atoms with E-state index in [0.29, 0.717) is 16.4 Å². The lowest BCUT2D eigenvalue weighted by atomic mass is 9.77. The van der Waals surface area contributed by atoms with E-state index in [1.807, 2.05) is 79.7 Å². The minimum Gasteiger partial charge on any atom is -0.338 e. The van der Waals surface area contributed by atoms with Crippen molar-refractivity contribution in [3.63, 3.8) is 0 Å². The highest BCUT2D eigenvalue weighted by atomic mass is 35.5. The fraction of sp³-hybridized carbons (Fsp3) is 0.115. The molecule has 2 aliphatic rings. The molecule has 0 saturated carbocycles. The predicted molar refractivity (Wildman–Crippen MR) is 127 cm³/mol. The number of aliphatic imine (C=N–C) groups is 1. The fourth-order valence-electron chi connectivity index (χ4n) is 4.22. The SMILES string of the molecule is CC1=N[C@@H]2C=CC(Cl)=C[C@@H]2C(c2ccccc2)=C1C(=O)/C=C/c1nc2ccccc2[nH]1. The molecular weight excluding hydrogens is 406 g/mol. The molecule has 0 saturated heterocycles. The molecule has 3 aromatic rings. The minimum atomic E-state index is -0.0990. The summed E-state index contributed by atoms with van der Waals surface area (Å²) in [6, 6.07) is 17.7. The summed E-state index contributed by atoms with van der Waals surface area (Å²) in [5.74, 6) is 0.462. The summed E-state index contributed by atoms with van der Waals surface area (Å²) >= 11 is 6.32. The molecule has 2 heterocycles. The summed E-state index contributed by atoms with van der Waals surface area (Å²) in [4.78, 5) is 25.9. The van der Waals surface area contributed by atoms with Crippen LogP contribution in [0.5, 0.6) is 0 Å². The lowest BCUT2D eigenvalue weighted by Gasteiger charge is -2.31. The number of hydrogen-bond acceptors (Lipinski definition) is 3. The molecule has 4 nitrogen and oxygen atoms in total. The van der Waals surface area contributed by atoms with E-state index in [0.717, 1.165) is 27.9 Å². The molecule has 152 valence electrons. The van der Waals surface area contributed by atoms with Gasteiger partial charge in [-0.1, -0.05) is 66.2 Å². The third kappa shape index (κ3) is 3.71. The summed E-state index contributed by atoms with van der Waals surface area (Å²) in [6.07, 6.45) is 9.16. The lowest BCUT2D eigenvalue weighted by Crippen LogP contribution is -2.29. The van der Waals surface area contributed by atoms with Gasteiger partial charge in [-0.05, 0) is 48.4 Å². The highest BCUT2D eigenvalue weighted by molar-refractivity contribution is 6.33. The van der Waals surface area contributed by atoms with Gasteiger partial charge < -0.3 is 4.98 Å². The number of dihydropyridines is 1. The summed E-state index contributed by atoms with van der Waals surface area (Å²) in [7, 11) is 0. The van der Waals surface area contributed by atoms with Gasteiger partial charge in [-0.2, -0.15) is 0 Å². The van der Waals surface area contributed by atoms with Gasteiger partial charge in [-0.3, -0.25) is 9.79 Å². The molecular formula is C26H20ClN3O. The molecule has 1 N–H and O–H groups in total. The molecule has 2 aromatic carbocycles. The lowest BCUT2D eigenvalue weighted by molar-refractivity contribution is -0.110. The molecule has 0 bridgehead atoms. The standard InChI is InChI=1S/C26H20ClN3O/c1-16-25(23(31)13-14-24-29-21-9-5-6-10-22(21)30-24)26(17-7-3-2-4-8-17)19-15-18(27)11-12-20(19)28-16/h2-15,19-20H,1H3,(H,29,30)/b14-13+/t19-,20+/m0/s1. The zero-order valence-electron chi connectivity index (χ0n) is 16.9. The highest BCUT2D eigenvalue weighted by Crippen LogP contribution is 2.40. The number of H-pyrrole nitrogens is 1. The molecule has 0 radical (unpaired) electrons. The molecule has 1 aliphatic carbocycles. The Balaban J connectivity index is 1.58. The molecule has 0 fully saturated rings. The van der Waals surface area contributed by atoms with Crippen molar-refractivity contribution in [2.45, 2.75) is 13.0 Å². The quantitative estimate of drug-likeness (QED) is 0.541. The fourth-order valence-corrected chi connectivity index (χ4v) is 4.43. The minimum absolute atomic E-state index is 0.0615. The molecule has 5 rings (SSSR count). The number of fused-ring (bicyclic) bond motifs is 2. The number of benzene rings is 2. The number of imidazole rings is 1. The van der Waals surface area contributed by atoms with Crippen molar-refractivity contribution >= 4 is 45.8 Å². The zero-order chi connectivity index (χ0) is 21.4. The number of hydrogen-bond donors (Lipinski definition) is 1. The number of para-hydroxylation sites is 2. The Hall–Kier alpha value is -3.50. The van der Waals surface area contributed by atoms with Crippen molar-refractivity contribution in [1.29, 1.82) is 0 Å². The van der Waals surface area contributed by atoms with Crippen LogP contribution in [0.1, 0.15) is 18.3 Å². The molecule has 0 unspecified atom stereocenters. The first-order chi connectivity index (χ1) is 15.1. The van der Waals surface area contributed by atoms with Crippen LogP contribution in [-0.4, -0.2) is 27.5 Å². The first kappa shape index (κ1) is 19.5. The number of carbonyl (C=O) groups excluding carboxylic acids is 1. The monoisotopic (exact) mass is 425 g/mol. The molecule has 0 spiro atoms. The van der Waals surface area contributed by atoms with Crippen molar-refractivity contribution in [2.24, 2.45) is 10.9 Å². The number of aromatic amines is 1. The third-order valence-electron chi connectivity index (χ3n) is 5.60. The van der Waals surface area contributed by atoms with Crippen molar-refractivity contribution in [3.8, 4) is 0 Å². The predicted octanol–water partition coefficient (Wildman–Crippen LogP) is 5.75. The number of carbonyl (C=O) groups is 1. The van der Waals surface area contributed by atoms with Crippen LogP contribution in [0.4, 0.5) is 0 Å². The second-order valence-electron chi connectivity index (χ2n) is 7.63. The number of allylic oxidation sites excluding steroid dienone is 4. The van der Waals surface area contributed by atoms with Gasteiger partial charge >= 0.3 is 0 Å². The van der Waals surface area contributed by atoms with Crippen LogP contribution in [-0.2, 0) is 4.79 Å². The van der Waals surface area contributed by atoms with E-state index in [4.69, 9.17) is 16.6 Å². The van der Waals surface area contributed by atoms with Crippen LogP contribution < -0.4 is 0 Å². The first-order valence-electron chi connectivity index (χ1n) is 10.2. The van der Waals surface area contributed by atoms with E-state index in [2.05, 4.69) is 9.97 Å². The second-order valence-corrected chi connectivity index (χ2v) is 8.07. The smallest absolute Gasteiger partial charge is 0.188 e. The molecule has 1 aromatic heterocycles. The summed E-state index contributed by atoms with van der Waals surface area (Å²) < 4.78 is 0. The zero-order valence-corrected chi connectivity index (χ0v) is 17.7. The maximum atomic E-state index is 13.4.